The molecule has 1 aromatic carbocycles. The Morgan fingerprint density at radius 3 is 2.71 bits per heavy atom. The molecule has 0 N–H and O–H groups in total. The number of aromatic nitrogens is 2. The average Bonchev–Trinajstić information content (AvgIpc) is 2.85. The van der Waals surface area contributed by atoms with Gasteiger partial charge in [0.05, 0.1) is 5.39 Å². The van der Waals surface area contributed by atoms with Crippen molar-refractivity contribution >= 4 is 56.5 Å². The highest BCUT2D eigenvalue weighted by Gasteiger charge is 2.21. The molecule has 2 heterocycles. The van der Waals surface area contributed by atoms with E-state index in [4.69, 9.17) is 28.2 Å². The number of allylic oxidation sites excluding steroid dienone is 1. The maximum absolute atomic E-state index is 13.3. The standard InChI is InChI=1S/C21H20Cl2N2OS2/c1-2-11-25-20(26)18-13-7-4-3-5-10-17(13)28-19(18)24-21(25)27-12-14-15(22)8-6-9-16(14)23/h2,6,8-9H,1,3-5,7,10-12H2. The smallest absolute Gasteiger partial charge is 0.263 e. The van der Waals surface area contributed by atoms with Gasteiger partial charge < -0.3 is 0 Å². The summed E-state index contributed by atoms with van der Waals surface area (Å²) in [7, 11) is 0. The lowest BCUT2D eigenvalue weighted by molar-refractivity contribution is 0.671. The van der Waals surface area contributed by atoms with Gasteiger partial charge in [-0.3, -0.25) is 9.36 Å². The summed E-state index contributed by atoms with van der Waals surface area (Å²) >= 11 is 15.8. The Labute approximate surface area is 182 Å². The SMILES string of the molecule is C=CCn1c(SCc2c(Cl)cccc2Cl)nc2sc3c(c2c1=O)CCCCC3. The zero-order valence-electron chi connectivity index (χ0n) is 15.3. The van der Waals surface area contributed by atoms with Crippen molar-refractivity contribution in [2.75, 3.05) is 0 Å². The van der Waals surface area contributed by atoms with Gasteiger partial charge in [0.15, 0.2) is 5.16 Å². The lowest BCUT2D eigenvalue weighted by Gasteiger charge is -2.12. The highest BCUT2D eigenvalue weighted by atomic mass is 35.5. The van der Waals surface area contributed by atoms with Crippen LogP contribution in [0.2, 0.25) is 10.0 Å². The number of aryl methyl sites for hydroxylation is 2. The molecule has 0 amide bonds. The van der Waals surface area contributed by atoms with Crippen LogP contribution in [0.15, 0.2) is 40.8 Å². The summed E-state index contributed by atoms with van der Waals surface area (Å²) in [5, 5.41) is 2.75. The number of benzene rings is 1. The van der Waals surface area contributed by atoms with Gasteiger partial charge in [-0.2, -0.15) is 0 Å². The first-order valence-corrected chi connectivity index (χ1v) is 11.9. The zero-order valence-corrected chi connectivity index (χ0v) is 18.5. The van der Waals surface area contributed by atoms with Crippen LogP contribution in [-0.2, 0) is 25.1 Å². The van der Waals surface area contributed by atoms with Crippen LogP contribution >= 0.6 is 46.3 Å². The van der Waals surface area contributed by atoms with Crippen LogP contribution in [-0.4, -0.2) is 9.55 Å². The Hall–Kier alpha value is -1.27. The van der Waals surface area contributed by atoms with Crippen LogP contribution in [0.1, 0.15) is 35.3 Å². The fourth-order valence-corrected chi connectivity index (χ4v) is 6.66. The molecule has 0 saturated heterocycles. The molecule has 0 aliphatic heterocycles. The van der Waals surface area contributed by atoms with E-state index in [0.717, 1.165) is 35.0 Å². The minimum absolute atomic E-state index is 0.0389. The van der Waals surface area contributed by atoms with E-state index in [2.05, 4.69) is 6.58 Å². The van der Waals surface area contributed by atoms with Crippen molar-refractivity contribution in [1.82, 2.24) is 9.55 Å². The quantitative estimate of drug-likeness (QED) is 0.192. The highest BCUT2D eigenvalue weighted by molar-refractivity contribution is 7.98. The van der Waals surface area contributed by atoms with Crippen molar-refractivity contribution in [3.63, 3.8) is 0 Å². The van der Waals surface area contributed by atoms with Gasteiger partial charge in [0, 0.05) is 27.2 Å². The zero-order chi connectivity index (χ0) is 19.7. The van der Waals surface area contributed by atoms with E-state index >= 15 is 0 Å². The lowest BCUT2D eigenvalue weighted by atomic mass is 10.1. The Morgan fingerprint density at radius 2 is 1.96 bits per heavy atom. The predicted molar refractivity (Wildman–Crippen MR) is 121 cm³/mol. The predicted octanol–water partition coefficient (Wildman–Crippen LogP) is 6.51. The minimum Gasteiger partial charge on any atom is -0.283 e. The molecule has 3 nitrogen and oxygen atoms in total. The summed E-state index contributed by atoms with van der Waals surface area (Å²) in [4.78, 5) is 20.4. The van der Waals surface area contributed by atoms with Gasteiger partial charge in [-0.05, 0) is 48.9 Å². The van der Waals surface area contributed by atoms with Crippen molar-refractivity contribution in [1.29, 1.82) is 0 Å². The van der Waals surface area contributed by atoms with Crippen molar-refractivity contribution in [2.24, 2.45) is 0 Å². The van der Waals surface area contributed by atoms with E-state index in [1.54, 1.807) is 22.0 Å². The molecule has 146 valence electrons. The first-order chi connectivity index (χ1) is 13.6. The summed E-state index contributed by atoms with van der Waals surface area (Å²) in [6.07, 6.45) is 7.32. The Kier molecular flexibility index (Phi) is 6.16. The first-order valence-electron chi connectivity index (χ1n) is 9.31. The monoisotopic (exact) mass is 450 g/mol. The Morgan fingerprint density at radius 1 is 1.21 bits per heavy atom. The number of nitrogens with zero attached hydrogens (tertiary/aromatic N) is 2. The number of fused-ring (bicyclic) bond motifs is 3. The molecule has 0 unspecified atom stereocenters. The third-order valence-corrected chi connectivity index (χ3v) is 7.91. The summed E-state index contributed by atoms with van der Waals surface area (Å²) < 4.78 is 1.72. The highest BCUT2D eigenvalue weighted by Crippen LogP contribution is 2.35. The van der Waals surface area contributed by atoms with E-state index in [9.17, 15) is 4.79 Å². The van der Waals surface area contributed by atoms with E-state index in [0.29, 0.717) is 27.5 Å². The van der Waals surface area contributed by atoms with Gasteiger partial charge >= 0.3 is 0 Å². The second-order valence-electron chi connectivity index (χ2n) is 6.83. The summed E-state index contributed by atoms with van der Waals surface area (Å²) in [5.74, 6) is 0.554. The van der Waals surface area contributed by atoms with Crippen molar-refractivity contribution in [2.45, 2.75) is 49.6 Å². The molecule has 0 radical (unpaired) electrons. The van der Waals surface area contributed by atoms with Crippen LogP contribution in [0.25, 0.3) is 10.2 Å². The van der Waals surface area contributed by atoms with Gasteiger partial charge in [-0.25, -0.2) is 4.98 Å². The molecule has 0 fully saturated rings. The molecule has 0 atom stereocenters. The summed E-state index contributed by atoms with van der Waals surface area (Å²) in [6.45, 7) is 4.25. The Balaban J connectivity index is 1.78. The number of halogens is 2. The largest absolute Gasteiger partial charge is 0.283 e. The fourth-order valence-electron chi connectivity index (χ4n) is 3.60. The molecule has 1 aliphatic rings. The molecular formula is C21H20Cl2N2OS2. The van der Waals surface area contributed by atoms with Crippen LogP contribution in [0.3, 0.4) is 0 Å². The maximum atomic E-state index is 13.3. The molecule has 3 aromatic rings. The van der Waals surface area contributed by atoms with Gasteiger partial charge in [0.25, 0.3) is 5.56 Å². The van der Waals surface area contributed by atoms with E-state index in [1.807, 2.05) is 18.2 Å². The minimum atomic E-state index is 0.0389. The second kappa shape index (κ2) is 8.62. The van der Waals surface area contributed by atoms with Gasteiger partial charge in [-0.15, -0.1) is 17.9 Å². The molecular weight excluding hydrogens is 431 g/mol. The summed E-state index contributed by atoms with van der Waals surface area (Å²) in [6, 6.07) is 5.48. The number of thiophene rings is 1. The fraction of sp³-hybridized carbons (Fsp3) is 0.333. The third kappa shape index (κ3) is 3.78. The molecule has 0 saturated carbocycles. The van der Waals surface area contributed by atoms with Gasteiger partial charge in [0.1, 0.15) is 4.83 Å². The summed E-state index contributed by atoms with van der Waals surface area (Å²) in [5.41, 5.74) is 2.12. The van der Waals surface area contributed by atoms with E-state index in [-0.39, 0.29) is 5.56 Å². The number of rotatable bonds is 5. The Bertz CT molecular complexity index is 1080. The van der Waals surface area contributed by atoms with Crippen molar-refractivity contribution in [3.05, 3.63) is 67.3 Å². The third-order valence-electron chi connectivity index (χ3n) is 5.01. The average molecular weight is 451 g/mol. The molecule has 0 spiro atoms. The molecule has 0 bridgehead atoms. The van der Waals surface area contributed by atoms with Crippen LogP contribution in [0.4, 0.5) is 0 Å². The van der Waals surface area contributed by atoms with Crippen LogP contribution < -0.4 is 5.56 Å². The van der Waals surface area contributed by atoms with E-state index in [1.165, 1.54) is 35.0 Å². The molecule has 2 aromatic heterocycles. The van der Waals surface area contributed by atoms with Gasteiger partial charge in [-0.1, -0.05) is 53.5 Å². The maximum Gasteiger partial charge on any atom is 0.263 e. The van der Waals surface area contributed by atoms with Crippen molar-refractivity contribution < 1.29 is 0 Å². The topological polar surface area (TPSA) is 34.9 Å². The molecule has 1 aliphatic carbocycles. The molecule has 28 heavy (non-hydrogen) atoms. The normalized spacial score (nSPS) is 14.1. The molecule has 7 heteroatoms. The first kappa shape index (κ1) is 20.0. The number of hydrogen-bond donors (Lipinski definition) is 0. The van der Waals surface area contributed by atoms with E-state index < -0.39 is 0 Å². The van der Waals surface area contributed by atoms with Crippen molar-refractivity contribution in [3.8, 4) is 0 Å². The number of hydrogen-bond acceptors (Lipinski definition) is 4. The lowest BCUT2D eigenvalue weighted by Crippen LogP contribution is -2.23. The molecule has 4 rings (SSSR count). The number of thioether (sulfide) groups is 1. The second-order valence-corrected chi connectivity index (χ2v) is 9.67. The van der Waals surface area contributed by atoms with Gasteiger partial charge in [0.2, 0.25) is 0 Å². The van der Waals surface area contributed by atoms with Crippen LogP contribution in [0, 0.1) is 0 Å². The van der Waals surface area contributed by atoms with Crippen LogP contribution in [0.5, 0.6) is 0 Å².